The van der Waals surface area contributed by atoms with Crippen LogP contribution in [-0.2, 0) is 25.6 Å². The van der Waals surface area contributed by atoms with Crippen molar-refractivity contribution in [2.24, 2.45) is 0 Å². The quantitative estimate of drug-likeness (QED) is 0.185. The molecule has 0 N–H and O–H groups in total. The number of aryl methyl sites for hydroxylation is 1. The van der Waals surface area contributed by atoms with E-state index >= 15 is 0 Å². The lowest BCUT2D eigenvalue weighted by Crippen LogP contribution is -2.38. The van der Waals surface area contributed by atoms with E-state index in [1.165, 1.54) is 45.7 Å². The second-order valence-corrected chi connectivity index (χ2v) is 13.0. The fourth-order valence-corrected chi connectivity index (χ4v) is 7.64. The van der Waals surface area contributed by atoms with Crippen LogP contribution in [0.1, 0.15) is 88.3 Å². The number of hydrogen-bond donors (Lipinski definition) is 0. The van der Waals surface area contributed by atoms with Gasteiger partial charge in [-0.25, -0.2) is 9.37 Å². The van der Waals surface area contributed by atoms with Crippen molar-refractivity contribution in [3.63, 3.8) is 0 Å². The summed E-state index contributed by atoms with van der Waals surface area (Å²) >= 11 is 0. The number of hydroxylamine groups is 2. The highest BCUT2D eigenvalue weighted by Crippen LogP contribution is 2.47. The van der Waals surface area contributed by atoms with E-state index in [9.17, 15) is 14.4 Å². The van der Waals surface area contributed by atoms with E-state index in [1.54, 1.807) is 0 Å². The molecule has 1 saturated heterocycles. The minimum atomic E-state index is -0.579. The Morgan fingerprint density at radius 3 is 2.57 bits per heavy atom. The van der Waals surface area contributed by atoms with Crippen LogP contribution in [0.4, 0.5) is 5.69 Å². The standard InChI is InChI=1S/C38H44N3O6/c1-3-39-18-7-9-26-21-29-33(23-31(26)39)46-34-24-32-27(10-8-19-40(32)4-2)22-30(34)38(29)25-12-14-28(15-13-25)45-20-6-5-11-37(44)47-41-35(42)16-17-36(41)43/h12-15,21-23,34H,3-11,16-20,24H2,1-2H3/q+1. The Bertz CT molecular complexity index is 1670. The van der Waals surface area contributed by atoms with Crippen LogP contribution >= 0.6 is 0 Å². The maximum Gasteiger partial charge on any atom is 0.333 e. The minimum Gasteiger partial charge on any atom is -0.494 e. The summed E-state index contributed by atoms with van der Waals surface area (Å²) in [5, 5.41) is 0.597. The summed E-state index contributed by atoms with van der Waals surface area (Å²) in [7, 11) is 0. The molecule has 0 bridgehead atoms. The van der Waals surface area contributed by atoms with Crippen molar-refractivity contribution in [1.29, 1.82) is 0 Å². The fraction of sp³-hybridized carbons (Fsp3) is 0.474. The molecule has 47 heavy (non-hydrogen) atoms. The molecule has 2 aromatic rings. The number of ether oxygens (including phenoxy) is 2. The smallest absolute Gasteiger partial charge is 0.333 e. The zero-order valence-corrected chi connectivity index (χ0v) is 27.5. The van der Waals surface area contributed by atoms with Gasteiger partial charge >= 0.3 is 5.97 Å². The molecule has 1 atom stereocenters. The van der Waals surface area contributed by atoms with Crippen molar-refractivity contribution >= 4 is 34.8 Å². The molecule has 4 heterocycles. The molecule has 9 heteroatoms. The van der Waals surface area contributed by atoms with Gasteiger partial charge in [0.15, 0.2) is 5.71 Å². The third kappa shape index (κ3) is 6.20. The molecule has 2 amide bonds. The third-order valence-corrected chi connectivity index (χ3v) is 10.1. The highest BCUT2D eigenvalue weighted by atomic mass is 16.7. The van der Waals surface area contributed by atoms with Crippen LogP contribution in [0.5, 0.6) is 11.5 Å². The molecule has 1 aliphatic carbocycles. The van der Waals surface area contributed by atoms with Gasteiger partial charge in [0.25, 0.3) is 11.8 Å². The molecule has 0 spiro atoms. The molecule has 1 fully saturated rings. The van der Waals surface area contributed by atoms with Crippen LogP contribution in [-0.4, -0.2) is 72.0 Å². The number of fused-ring (bicyclic) bond motifs is 4. The molecule has 9 nitrogen and oxygen atoms in total. The van der Waals surface area contributed by atoms with E-state index in [2.05, 4.69) is 53.7 Å². The molecule has 246 valence electrons. The first kappa shape index (κ1) is 31.2. The second-order valence-electron chi connectivity index (χ2n) is 13.0. The molecular formula is C38H44N3O6+. The van der Waals surface area contributed by atoms with Crippen molar-refractivity contribution in [3.8, 4) is 11.5 Å². The molecule has 1 unspecified atom stereocenters. The van der Waals surface area contributed by atoms with E-state index in [0.717, 1.165) is 68.9 Å². The van der Waals surface area contributed by atoms with E-state index in [4.69, 9.17) is 14.3 Å². The molecule has 5 aliphatic rings. The highest BCUT2D eigenvalue weighted by Gasteiger charge is 2.39. The van der Waals surface area contributed by atoms with Gasteiger partial charge in [0, 0.05) is 67.2 Å². The summed E-state index contributed by atoms with van der Waals surface area (Å²) in [6.07, 6.45) is 9.29. The zero-order valence-electron chi connectivity index (χ0n) is 27.5. The molecule has 2 aromatic carbocycles. The van der Waals surface area contributed by atoms with Gasteiger partial charge < -0.3 is 19.2 Å². The molecule has 0 saturated carbocycles. The molecule has 7 rings (SSSR count). The van der Waals surface area contributed by atoms with E-state index in [-0.39, 0.29) is 25.4 Å². The number of imide groups is 1. The zero-order chi connectivity index (χ0) is 32.5. The molecule has 4 aliphatic heterocycles. The first-order valence-corrected chi connectivity index (χ1v) is 17.4. The maximum atomic E-state index is 12.1. The number of hydrogen-bond acceptors (Lipinski definition) is 7. The van der Waals surface area contributed by atoms with Gasteiger partial charge in [-0.2, -0.15) is 0 Å². The Morgan fingerprint density at radius 1 is 1.00 bits per heavy atom. The van der Waals surface area contributed by atoms with Crippen molar-refractivity contribution in [3.05, 3.63) is 70.3 Å². The lowest BCUT2D eigenvalue weighted by atomic mass is 9.79. The summed E-state index contributed by atoms with van der Waals surface area (Å²) in [5.74, 6) is 0.237. The van der Waals surface area contributed by atoms with Gasteiger partial charge in [0.05, 0.1) is 13.0 Å². The average Bonchev–Trinajstić information content (AvgIpc) is 3.40. The van der Waals surface area contributed by atoms with Crippen LogP contribution < -0.4 is 14.4 Å². The van der Waals surface area contributed by atoms with E-state index in [0.29, 0.717) is 24.5 Å². The lowest BCUT2D eigenvalue weighted by Gasteiger charge is -2.37. The Morgan fingerprint density at radius 2 is 1.81 bits per heavy atom. The topological polar surface area (TPSA) is 88.4 Å². The SMILES string of the molecule is CCN1CCCc2cc3c(cc21)OC1CC2=[N+](CC)CCCC2=CC1=C3c1ccc(OCCCCC(=O)ON2C(=O)CCC2=O)cc1. The first-order valence-electron chi connectivity index (χ1n) is 17.4. The number of benzene rings is 2. The second kappa shape index (κ2) is 13.4. The van der Waals surface area contributed by atoms with Gasteiger partial charge in [-0.15, -0.1) is 5.06 Å². The van der Waals surface area contributed by atoms with Crippen LogP contribution in [0, 0.1) is 0 Å². The minimum absolute atomic E-state index is 0.0237. The van der Waals surface area contributed by atoms with Crippen molar-refractivity contribution in [2.75, 3.05) is 37.7 Å². The van der Waals surface area contributed by atoms with Gasteiger partial charge in [-0.1, -0.05) is 12.1 Å². The largest absolute Gasteiger partial charge is 0.494 e. The van der Waals surface area contributed by atoms with Crippen molar-refractivity contribution < 1.29 is 33.3 Å². The summed E-state index contributed by atoms with van der Waals surface area (Å²) in [4.78, 5) is 42.8. The van der Waals surface area contributed by atoms with Gasteiger partial charge in [0.2, 0.25) is 0 Å². The monoisotopic (exact) mass is 638 g/mol. The third-order valence-electron chi connectivity index (χ3n) is 10.1. The average molecular weight is 639 g/mol. The molecule has 0 aromatic heterocycles. The van der Waals surface area contributed by atoms with E-state index < -0.39 is 17.8 Å². The van der Waals surface area contributed by atoms with Crippen molar-refractivity contribution in [1.82, 2.24) is 5.06 Å². The van der Waals surface area contributed by atoms with Gasteiger partial charge in [-0.3, -0.25) is 9.59 Å². The predicted octanol–water partition coefficient (Wildman–Crippen LogP) is 5.78. The normalized spacial score (nSPS) is 20.3. The summed E-state index contributed by atoms with van der Waals surface area (Å²) in [6, 6.07) is 13.0. The first-order chi connectivity index (χ1) is 22.9. The predicted molar refractivity (Wildman–Crippen MR) is 179 cm³/mol. The molecule has 0 radical (unpaired) electrons. The van der Waals surface area contributed by atoms with Crippen LogP contribution in [0.25, 0.3) is 5.57 Å². The Kier molecular flexibility index (Phi) is 8.88. The summed E-state index contributed by atoms with van der Waals surface area (Å²) in [6.45, 7) is 9.13. The Labute approximate surface area is 276 Å². The lowest BCUT2D eigenvalue weighted by molar-refractivity contribution is -0.528. The number of unbranched alkanes of at least 4 members (excludes halogenated alkanes) is 1. The van der Waals surface area contributed by atoms with Crippen LogP contribution in [0.3, 0.4) is 0 Å². The molecular weight excluding hydrogens is 594 g/mol. The van der Waals surface area contributed by atoms with Crippen LogP contribution in [0.15, 0.2) is 53.6 Å². The maximum absolute atomic E-state index is 12.1. The van der Waals surface area contributed by atoms with Crippen LogP contribution in [0.2, 0.25) is 0 Å². The number of allylic oxidation sites excluding steroid dienone is 1. The Hall–Kier alpha value is -4.40. The van der Waals surface area contributed by atoms with Crippen molar-refractivity contribution in [2.45, 2.75) is 84.2 Å². The number of anilines is 1. The number of carbonyl (C=O) groups is 3. The van der Waals surface area contributed by atoms with Gasteiger partial charge in [0.1, 0.15) is 30.7 Å². The number of nitrogens with zero attached hydrogens (tertiary/aromatic N) is 3. The Balaban J connectivity index is 1.10. The number of rotatable bonds is 10. The van der Waals surface area contributed by atoms with E-state index in [1.807, 2.05) is 12.1 Å². The number of amides is 2. The summed E-state index contributed by atoms with van der Waals surface area (Å²) < 4.78 is 15.4. The summed E-state index contributed by atoms with van der Waals surface area (Å²) in [5.41, 5.74) is 10.5. The fourth-order valence-electron chi connectivity index (χ4n) is 7.64. The highest BCUT2D eigenvalue weighted by molar-refractivity contribution is 6.02. The number of carbonyl (C=O) groups excluding carboxylic acids is 3. The van der Waals surface area contributed by atoms with Gasteiger partial charge in [-0.05, 0) is 86.9 Å².